The first-order chi connectivity index (χ1) is 11.4. The summed E-state index contributed by atoms with van der Waals surface area (Å²) in [6, 6.07) is 6.70. The molecule has 2 aromatic rings. The van der Waals surface area contributed by atoms with Crippen molar-refractivity contribution in [2.45, 2.75) is 19.2 Å². The van der Waals surface area contributed by atoms with Gasteiger partial charge in [0, 0.05) is 12.2 Å². The molecular formula is C15H16FN3O4S. The Morgan fingerprint density at radius 3 is 2.75 bits per heavy atom. The Bertz CT molecular complexity index is 833. The van der Waals surface area contributed by atoms with Gasteiger partial charge in [0.1, 0.15) is 17.3 Å². The Hall–Kier alpha value is -2.42. The van der Waals surface area contributed by atoms with Crippen LogP contribution in [0.25, 0.3) is 0 Å². The highest BCUT2D eigenvalue weighted by Gasteiger charge is 2.29. The molecule has 0 bridgehead atoms. The number of benzene rings is 1. The lowest BCUT2D eigenvalue weighted by Crippen LogP contribution is -2.35. The van der Waals surface area contributed by atoms with Gasteiger partial charge in [-0.25, -0.2) is 17.5 Å². The normalized spacial score (nSPS) is 19.1. The summed E-state index contributed by atoms with van der Waals surface area (Å²) in [6.07, 6.45) is 1.99. The summed E-state index contributed by atoms with van der Waals surface area (Å²) in [7, 11) is -3.05. The van der Waals surface area contributed by atoms with E-state index < -0.39 is 15.7 Å². The second kappa shape index (κ2) is 6.60. The third-order valence-electron chi connectivity index (χ3n) is 3.62. The third kappa shape index (κ3) is 4.10. The smallest absolute Gasteiger partial charge is 0.272 e. The van der Waals surface area contributed by atoms with Gasteiger partial charge in [0.2, 0.25) is 0 Å². The molecule has 0 saturated carbocycles. The molecule has 1 amide bonds. The highest BCUT2D eigenvalue weighted by atomic mass is 32.2. The van der Waals surface area contributed by atoms with Crippen molar-refractivity contribution in [1.29, 1.82) is 0 Å². The second-order valence-electron chi connectivity index (χ2n) is 5.54. The van der Waals surface area contributed by atoms with Gasteiger partial charge in [0.15, 0.2) is 16.6 Å². The first-order valence-electron chi connectivity index (χ1n) is 7.34. The maximum Gasteiger partial charge on any atom is 0.272 e. The number of nitrogens with one attached hydrogen (secondary N) is 1. The number of aromatic nitrogens is 2. The van der Waals surface area contributed by atoms with E-state index in [1.54, 1.807) is 6.20 Å². The molecule has 0 radical (unpaired) electrons. The van der Waals surface area contributed by atoms with Crippen LogP contribution < -0.4 is 10.1 Å². The van der Waals surface area contributed by atoms with Crippen molar-refractivity contribution in [2.24, 2.45) is 0 Å². The number of hydrogen-bond acceptors (Lipinski definition) is 5. The molecule has 1 fully saturated rings. The van der Waals surface area contributed by atoms with E-state index in [2.05, 4.69) is 10.4 Å². The van der Waals surface area contributed by atoms with Gasteiger partial charge in [-0.2, -0.15) is 5.10 Å². The van der Waals surface area contributed by atoms with E-state index in [1.807, 2.05) is 0 Å². The van der Waals surface area contributed by atoms with Gasteiger partial charge in [0.05, 0.1) is 11.5 Å². The molecule has 1 atom stereocenters. The number of carbonyl (C=O) groups is 1. The number of nitrogens with zero attached hydrogens (tertiary/aromatic N) is 2. The van der Waals surface area contributed by atoms with E-state index in [1.165, 1.54) is 35.0 Å². The van der Waals surface area contributed by atoms with Crippen molar-refractivity contribution in [3.05, 3.63) is 48.0 Å². The Morgan fingerprint density at radius 2 is 2.08 bits per heavy atom. The minimum Gasteiger partial charge on any atom is -0.471 e. The van der Waals surface area contributed by atoms with Crippen LogP contribution in [0.4, 0.5) is 4.39 Å². The predicted molar refractivity (Wildman–Crippen MR) is 83.8 cm³/mol. The van der Waals surface area contributed by atoms with Crippen LogP contribution in [0.15, 0.2) is 36.5 Å². The summed E-state index contributed by atoms with van der Waals surface area (Å²) in [5.41, 5.74) is 0.182. The van der Waals surface area contributed by atoms with Gasteiger partial charge in [-0.1, -0.05) is 0 Å². The number of amides is 1. The molecule has 2 heterocycles. The number of ether oxygens (including phenoxy) is 1. The molecule has 3 rings (SSSR count). The molecule has 0 spiro atoms. The number of halogens is 1. The summed E-state index contributed by atoms with van der Waals surface area (Å²) < 4.78 is 42.4. The van der Waals surface area contributed by atoms with E-state index in [-0.39, 0.29) is 35.8 Å². The van der Waals surface area contributed by atoms with E-state index in [0.29, 0.717) is 12.2 Å². The third-order valence-corrected chi connectivity index (χ3v) is 5.39. The van der Waals surface area contributed by atoms with Gasteiger partial charge in [-0.15, -0.1) is 0 Å². The summed E-state index contributed by atoms with van der Waals surface area (Å²) >= 11 is 0. The molecule has 24 heavy (non-hydrogen) atoms. The zero-order valence-corrected chi connectivity index (χ0v) is 13.5. The molecule has 1 aliphatic rings. The Kier molecular flexibility index (Phi) is 4.52. The van der Waals surface area contributed by atoms with Gasteiger partial charge in [-0.3, -0.25) is 4.79 Å². The van der Waals surface area contributed by atoms with Crippen LogP contribution in [-0.2, 0) is 16.6 Å². The number of carbonyl (C=O) groups excluding carboxylic acids is 1. The number of rotatable bonds is 5. The van der Waals surface area contributed by atoms with E-state index in [4.69, 9.17) is 4.74 Å². The van der Waals surface area contributed by atoms with Gasteiger partial charge in [-0.05, 0) is 36.8 Å². The lowest BCUT2D eigenvalue weighted by molar-refractivity contribution is 0.0934. The molecule has 1 aromatic heterocycles. The first-order valence-corrected chi connectivity index (χ1v) is 9.16. The summed E-state index contributed by atoms with van der Waals surface area (Å²) in [5.74, 6) is -0.230. The average Bonchev–Trinajstić information content (AvgIpc) is 3.13. The summed E-state index contributed by atoms with van der Waals surface area (Å²) in [6.45, 7) is 0.0662. The average molecular weight is 353 g/mol. The van der Waals surface area contributed by atoms with Crippen LogP contribution in [0, 0.1) is 5.82 Å². The minimum absolute atomic E-state index is 0.0346. The van der Waals surface area contributed by atoms with Crippen LogP contribution >= 0.6 is 0 Å². The Morgan fingerprint density at radius 1 is 1.33 bits per heavy atom. The topological polar surface area (TPSA) is 90.3 Å². The van der Waals surface area contributed by atoms with Crippen molar-refractivity contribution in [3.8, 4) is 5.75 Å². The standard InChI is InChI=1S/C15H16FN3O4S/c16-11-1-3-13(4-2-11)23-10-19-7-5-14(18-19)15(20)17-12-6-8-24(21,22)9-12/h1-5,7,12H,6,8-10H2,(H,17,20). The fraction of sp³-hybridized carbons (Fsp3) is 0.333. The summed E-state index contributed by atoms with van der Waals surface area (Å²) in [4.78, 5) is 12.1. The zero-order chi connectivity index (χ0) is 17.2. The molecule has 0 aliphatic carbocycles. The molecule has 1 unspecified atom stereocenters. The maximum atomic E-state index is 12.8. The maximum absolute atomic E-state index is 12.8. The van der Waals surface area contributed by atoms with Gasteiger partial charge >= 0.3 is 0 Å². The quantitative estimate of drug-likeness (QED) is 0.865. The van der Waals surface area contributed by atoms with Crippen LogP contribution in [0.5, 0.6) is 5.75 Å². The van der Waals surface area contributed by atoms with Gasteiger partial charge in [0.25, 0.3) is 5.91 Å². The Balaban J connectivity index is 1.55. The fourth-order valence-corrected chi connectivity index (χ4v) is 4.07. The molecule has 128 valence electrons. The van der Waals surface area contributed by atoms with E-state index in [0.717, 1.165) is 0 Å². The van der Waals surface area contributed by atoms with Crippen molar-refractivity contribution < 1.29 is 22.3 Å². The fourth-order valence-electron chi connectivity index (χ4n) is 2.39. The van der Waals surface area contributed by atoms with Crippen molar-refractivity contribution >= 4 is 15.7 Å². The molecule has 9 heteroatoms. The first kappa shape index (κ1) is 16.4. The highest BCUT2D eigenvalue weighted by Crippen LogP contribution is 2.13. The van der Waals surface area contributed by atoms with Crippen LogP contribution in [0.1, 0.15) is 16.9 Å². The second-order valence-corrected chi connectivity index (χ2v) is 7.77. The monoisotopic (exact) mass is 353 g/mol. The predicted octanol–water partition coefficient (Wildman–Crippen LogP) is 0.976. The van der Waals surface area contributed by atoms with Gasteiger partial charge < -0.3 is 10.1 Å². The lowest BCUT2D eigenvalue weighted by atomic mass is 10.2. The molecule has 1 N–H and O–H groups in total. The summed E-state index contributed by atoms with van der Waals surface area (Å²) in [5, 5.41) is 6.75. The van der Waals surface area contributed by atoms with E-state index in [9.17, 15) is 17.6 Å². The molecule has 1 aromatic carbocycles. The van der Waals surface area contributed by atoms with Crippen LogP contribution in [-0.4, -0.2) is 41.7 Å². The molecule has 7 nitrogen and oxygen atoms in total. The SMILES string of the molecule is O=C(NC1CCS(=O)(=O)C1)c1ccn(COc2ccc(F)cc2)n1. The zero-order valence-electron chi connectivity index (χ0n) is 12.7. The van der Waals surface area contributed by atoms with Crippen LogP contribution in [0.2, 0.25) is 0 Å². The van der Waals surface area contributed by atoms with Crippen molar-refractivity contribution in [3.63, 3.8) is 0 Å². The molecule has 1 saturated heterocycles. The van der Waals surface area contributed by atoms with Crippen molar-refractivity contribution in [2.75, 3.05) is 11.5 Å². The molecule has 1 aliphatic heterocycles. The largest absolute Gasteiger partial charge is 0.471 e. The minimum atomic E-state index is -3.05. The Labute approximate surface area is 138 Å². The van der Waals surface area contributed by atoms with E-state index >= 15 is 0 Å². The lowest BCUT2D eigenvalue weighted by Gasteiger charge is -2.09. The molecular weight excluding hydrogens is 337 g/mol. The number of hydrogen-bond donors (Lipinski definition) is 1. The van der Waals surface area contributed by atoms with Crippen LogP contribution in [0.3, 0.4) is 0 Å². The highest BCUT2D eigenvalue weighted by molar-refractivity contribution is 7.91. The number of sulfone groups is 1. The van der Waals surface area contributed by atoms with Crippen molar-refractivity contribution in [1.82, 2.24) is 15.1 Å².